The van der Waals surface area contributed by atoms with E-state index in [0.717, 1.165) is 18.4 Å². The first-order valence-electron chi connectivity index (χ1n) is 5.16. The van der Waals surface area contributed by atoms with Crippen LogP contribution in [0.15, 0.2) is 23.3 Å². The third-order valence-corrected chi connectivity index (χ3v) is 2.10. The van der Waals surface area contributed by atoms with Gasteiger partial charge in [-0.25, -0.2) is 0 Å². The van der Waals surface area contributed by atoms with E-state index < -0.39 is 11.8 Å². The Morgan fingerprint density at radius 3 is 2.38 bits per heavy atom. The molecule has 0 unspecified atom stereocenters. The van der Waals surface area contributed by atoms with Gasteiger partial charge < -0.3 is 0 Å². The Morgan fingerprint density at radius 2 is 1.88 bits per heavy atom. The van der Waals surface area contributed by atoms with E-state index in [2.05, 4.69) is 11.4 Å². The van der Waals surface area contributed by atoms with Gasteiger partial charge in [0.05, 0.1) is 0 Å². The minimum Gasteiger partial charge on any atom is -0.292 e. The van der Waals surface area contributed by atoms with Gasteiger partial charge in [-0.3, -0.25) is 14.9 Å². The molecule has 16 heavy (non-hydrogen) atoms. The molecule has 0 radical (unpaired) electrons. The van der Waals surface area contributed by atoms with E-state index in [1.807, 2.05) is 20.8 Å². The monoisotopic (exact) mass is 243 g/mol. The van der Waals surface area contributed by atoms with Crippen molar-refractivity contribution in [2.75, 3.05) is 5.88 Å². The summed E-state index contributed by atoms with van der Waals surface area (Å²) >= 11 is 5.26. The highest BCUT2D eigenvalue weighted by molar-refractivity contribution is 6.28. The first-order chi connectivity index (χ1) is 7.45. The third kappa shape index (κ3) is 8.24. The zero-order valence-electron chi connectivity index (χ0n) is 9.97. The van der Waals surface area contributed by atoms with Crippen molar-refractivity contribution >= 4 is 23.4 Å². The van der Waals surface area contributed by atoms with Crippen LogP contribution in [0, 0.1) is 0 Å². The van der Waals surface area contributed by atoms with Gasteiger partial charge in [-0.1, -0.05) is 17.2 Å². The van der Waals surface area contributed by atoms with E-state index in [4.69, 9.17) is 11.6 Å². The van der Waals surface area contributed by atoms with Crippen molar-refractivity contribution in [2.24, 2.45) is 0 Å². The second-order valence-electron chi connectivity index (χ2n) is 3.86. The van der Waals surface area contributed by atoms with E-state index in [-0.39, 0.29) is 5.88 Å². The summed E-state index contributed by atoms with van der Waals surface area (Å²) in [5, 5.41) is 2.16. The van der Waals surface area contributed by atoms with Gasteiger partial charge in [0.15, 0.2) is 0 Å². The summed E-state index contributed by atoms with van der Waals surface area (Å²) in [4.78, 5) is 22.0. The van der Waals surface area contributed by atoms with Crippen molar-refractivity contribution in [3.8, 4) is 0 Å². The van der Waals surface area contributed by atoms with Gasteiger partial charge in [0.1, 0.15) is 5.88 Å². The predicted molar refractivity (Wildman–Crippen MR) is 66.3 cm³/mol. The molecule has 0 aromatic heterocycles. The largest absolute Gasteiger partial charge is 0.292 e. The third-order valence-electron chi connectivity index (χ3n) is 1.85. The normalized spacial score (nSPS) is 10.9. The fourth-order valence-electron chi connectivity index (χ4n) is 1.09. The minimum atomic E-state index is -0.472. The van der Waals surface area contributed by atoms with Crippen LogP contribution in [0.2, 0.25) is 0 Å². The van der Waals surface area contributed by atoms with Gasteiger partial charge in [-0.05, 0) is 33.6 Å². The van der Waals surface area contributed by atoms with Crippen molar-refractivity contribution < 1.29 is 9.59 Å². The molecule has 0 bridgehead atoms. The molecule has 4 heteroatoms. The standard InChI is InChI=1S/C12H18ClNO2/c1-9(2)5-4-6-10(3)7-11(15)14-12(16)8-13/h5,7H,4,6,8H2,1-3H3,(H,14,15,16)/b10-7+. The molecule has 0 aromatic rings. The second kappa shape index (κ2) is 8.11. The van der Waals surface area contributed by atoms with E-state index in [1.54, 1.807) is 0 Å². The number of allylic oxidation sites excluding steroid dienone is 3. The summed E-state index contributed by atoms with van der Waals surface area (Å²) in [5.41, 5.74) is 2.20. The number of hydrogen-bond donors (Lipinski definition) is 1. The average molecular weight is 244 g/mol. The molecule has 0 spiro atoms. The smallest absolute Gasteiger partial charge is 0.250 e. The SMILES string of the molecule is CC(C)=CCC/C(C)=C/C(=O)NC(=O)CCl. The molecule has 90 valence electrons. The molecule has 0 aliphatic carbocycles. The van der Waals surface area contributed by atoms with Crippen LogP contribution in [0.4, 0.5) is 0 Å². The predicted octanol–water partition coefficient (Wildman–Crippen LogP) is 2.56. The van der Waals surface area contributed by atoms with E-state index >= 15 is 0 Å². The number of amides is 2. The number of carbonyl (C=O) groups excluding carboxylic acids is 2. The first kappa shape index (κ1) is 14.9. The Balaban J connectivity index is 4.06. The number of imide groups is 1. The zero-order chi connectivity index (χ0) is 12.6. The molecule has 2 amide bonds. The van der Waals surface area contributed by atoms with Crippen LogP contribution in [0.25, 0.3) is 0 Å². The van der Waals surface area contributed by atoms with Crippen molar-refractivity contribution in [1.29, 1.82) is 0 Å². The number of alkyl halides is 1. The van der Waals surface area contributed by atoms with Gasteiger partial charge in [-0.2, -0.15) is 0 Å². The van der Waals surface area contributed by atoms with Gasteiger partial charge in [0, 0.05) is 6.08 Å². The van der Waals surface area contributed by atoms with Gasteiger partial charge in [0.2, 0.25) is 5.91 Å². The molecule has 0 saturated heterocycles. The lowest BCUT2D eigenvalue weighted by atomic mass is 10.1. The van der Waals surface area contributed by atoms with Crippen LogP contribution in [0.1, 0.15) is 33.6 Å². The van der Waals surface area contributed by atoms with Crippen LogP contribution in [-0.2, 0) is 9.59 Å². The summed E-state index contributed by atoms with van der Waals surface area (Å²) in [6, 6.07) is 0. The Bertz CT molecular complexity index is 315. The summed E-state index contributed by atoms with van der Waals surface area (Å²) in [6.45, 7) is 5.93. The molecule has 0 fully saturated rings. The van der Waals surface area contributed by atoms with E-state index in [9.17, 15) is 9.59 Å². The number of nitrogens with one attached hydrogen (secondary N) is 1. The molecule has 0 rings (SSSR count). The maximum absolute atomic E-state index is 11.2. The lowest BCUT2D eigenvalue weighted by Gasteiger charge is -2.00. The highest BCUT2D eigenvalue weighted by atomic mass is 35.5. The van der Waals surface area contributed by atoms with Crippen LogP contribution < -0.4 is 5.32 Å². The first-order valence-corrected chi connectivity index (χ1v) is 5.69. The molecule has 3 nitrogen and oxygen atoms in total. The van der Waals surface area contributed by atoms with Crippen LogP contribution in [-0.4, -0.2) is 17.7 Å². The minimum absolute atomic E-state index is 0.198. The summed E-state index contributed by atoms with van der Waals surface area (Å²) < 4.78 is 0. The average Bonchev–Trinajstić information content (AvgIpc) is 2.16. The molecule has 0 atom stereocenters. The molecule has 0 heterocycles. The van der Waals surface area contributed by atoms with Crippen LogP contribution >= 0.6 is 11.6 Å². The molecule has 0 aliphatic heterocycles. The Morgan fingerprint density at radius 1 is 1.25 bits per heavy atom. The highest BCUT2D eigenvalue weighted by Gasteiger charge is 2.03. The molecular formula is C12H18ClNO2. The van der Waals surface area contributed by atoms with Crippen LogP contribution in [0.3, 0.4) is 0 Å². The quantitative estimate of drug-likeness (QED) is 0.458. The van der Waals surface area contributed by atoms with Crippen molar-refractivity contribution in [3.63, 3.8) is 0 Å². The fourth-order valence-corrected chi connectivity index (χ4v) is 1.16. The molecule has 0 saturated carbocycles. The number of rotatable bonds is 5. The molecular weight excluding hydrogens is 226 g/mol. The number of carbonyl (C=O) groups is 2. The zero-order valence-corrected chi connectivity index (χ0v) is 10.7. The molecule has 0 aromatic carbocycles. The Hall–Kier alpha value is -1.09. The van der Waals surface area contributed by atoms with Crippen molar-refractivity contribution in [2.45, 2.75) is 33.6 Å². The number of hydrogen-bond acceptors (Lipinski definition) is 2. The Labute approximate surface area is 102 Å². The van der Waals surface area contributed by atoms with Crippen molar-refractivity contribution in [1.82, 2.24) is 5.32 Å². The topological polar surface area (TPSA) is 46.2 Å². The van der Waals surface area contributed by atoms with Gasteiger partial charge in [0.25, 0.3) is 5.91 Å². The molecule has 0 aliphatic rings. The maximum atomic E-state index is 11.2. The lowest BCUT2D eigenvalue weighted by molar-refractivity contribution is -0.126. The van der Waals surface area contributed by atoms with Gasteiger partial charge >= 0.3 is 0 Å². The molecule has 1 N–H and O–H groups in total. The summed E-state index contributed by atoms with van der Waals surface area (Å²) in [5.74, 6) is -1.07. The summed E-state index contributed by atoms with van der Waals surface area (Å²) in [7, 11) is 0. The van der Waals surface area contributed by atoms with Gasteiger partial charge in [-0.15, -0.1) is 11.6 Å². The lowest BCUT2D eigenvalue weighted by Crippen LogP contribution is -2.29. The van der Waals surface area contributed by atoms with Crippen molar-refractivity contribution in [3.05, 3.63) is 23.3 Å². The fraction of sp³-hybridized carbons (Fsp3) is 0.500. The number of halogens is 1. The Kier molecular flexibility index (Phi) is 7.56. The maximum Gasteiger partial charge on any atom is 0.250 e. The highest BCUT2D eigenvalue weighted by Crippen LogP contribution is 2.06. The van der Waals surface area contributed by atoms with E-state index in [0.29, 0.717) is 0 Å². The van der Waals surface area contributed by atoms with E-state index in [1.165, 1.54) is 11.6 Å². The second-order valence-corrected chi connectivity index (χ2v) is 4.12. The summed E-state index contributed by atoms with van der Waals surface area (Å²) in [6.07, 6.45) is 5.26. The van der Waals surface area contributed by atoms with Crippen LogP contribution in [0.5, 0.6) is 0 Å².